The monoisotopic (exact) mass is 366 g/mol. The van der Waals surface area contributed by atoms with Crippen LogP contribution in [-0.4, -0.2) is 16.5 Å². The van der Waals surface area contributed by atoms with Gasteiger partial charge in [-0.2, -0.15) is 0 Å². The number of aryl methyl sites for hydroxylation is 1. The van der Waals surface area contributed by atoms with Gasteiger partial charge in [0.2, 0.25) is 0 Å². The summed E-state index contributed by atoms with van der Waals surface area (Å²) in [6.07, 6.45) is 0. The van der Waals surface area contributed by atoms with Crippen molar-refractivity contribution in [3.8, 4) is 0 Å². The molecule has 0 saturated carbocycles. The molecule has 1 heterocycles. The number of rotatable bonds is 3. The van der Waals surface area contributed by atoms with Crippen molar-refractivity contribution >= 4 is 57.5 Å². The first-order valence-electron chi connectivity index (χ1n) is 6.79. The number of carbonyl (C=O) groups is 2. The van der Waals surface area contributed by atoms with E-state index >= 15 is 0 Å². The number of hydrogen-bond acceptors (Lipinski definition) is 4. The molecule has 0 spiro atoms. The lowest BCUT2D eigenvalue weighted by atomic mass is 10.2. The highest BCUT2D eigenvalue weighted by atomic mass is 35.5. The summed E-state index contributed by atoms with van der Waals surface area (Å²) < 4.78 is 0. The summed E-state index contributed by atoms with van der Waals surface area (Å²) in [6, 6.07) is 12.2. The highest BCUT2D eigenvalue weighted by Crippen LogP contribution is 2.35. The quantitative estimate of drug-likeness (QED) is 0.835. The van der Waals surface area contributed by atoms with E-state index in [0.29, 0.717) is 21.4 Å². The number of nitrogens with zero attached hydrogens (tertiary/aromatic N) is 1. The third-order valence-electron chi connectivity index (χ3n) is 3.42. The second kappa shape index (κ2) is 6.43. The van der Waals surface area contributed by atoms with Gasteiger partial charge in [-0.25, -0.2) is 4.90 Å². The molecule has 0 radical (unpaired) electrons. The zero-order valence-electron chi connectivity index (χ0n) is 12.0. The Hall–Kier alpha value is -1.69. The predicted octanol–water partition coefficient (Wildman–Crippen LogP) is 4.94. The Morgan fingerprint density at radius 1 is 1.13 bits per heavy atom. The number of carbonyl (C=O) groups excluding carboxylic acids is 2. The predicted molar refractivity (Wildman–Crippen MR) is 95.5 cm³/mol. The van der Waals surface area contributed by atoms with E-state index in [1.165, 1.54) is 4.90 Å². The minimum Gasteiger partial charge on any atom is -0.364 e. The van der Waals surface area contributed by atoms with Crippen LogP contribution in [0.25, 0.3) is 0 Å². The average molecular weight is 367 g/mol. The van der Waals surface area contributed by atoms with Crippen LogP contribution >= 0.6 is 35.0 Å². The van der Waals surface area contributed by atoms with Crippen LogP contribution in [0.4, 0.5) is 16.2 Å². The van der Waals surface area contributed by atoms with E-state index < -0.39 is 5.37 Å². The van der Waals surface area contributed by atoms with Crippen molar-refractivity contribution in [1.82, 2.24) is 0 Å². The van der Waals surface area contributed by atoms with Gasteiger partial charge in [0.1, 0.15) is 0 Å². The molecule has 118 valence electrons. The molecule has 1 saturated heterocycles. The molecule has 7 heteroatoms. The number of imide groups is 1. The summed E-state index contributed by atoms with van der Waals surface area (Å²) in [4.78, 5) is 26.1. The van der Waals surface area contributed by atoms with E-state index in [1.807, 2.05) is 19.1 Å². The molecular weight excluding hydrogens is 355 g/mol. The van der Waals surface area contributed by atoms with Crippen LogP contribution in [0.3, 0.4) is 0 Å². The van der Waals surface area contributed by atoms with E-state index in [1.54, 1.807) is 30.3 Å². The van der Waals surface area contributed by atoms with Gasteiger partial charge in [0.05, 0.1) is 16.4 Å². The fourth-order valence-electron chi connectivity index (χ4n) is 2.28. The van der Waals surface area contributed by atoms with Crippen molar-refractivity contribution in [2.45, 2.75) is 12.3 Å². The molecule has 1 N–H and O–H groups in total. The standard InChI is InChI=1S/C16H12Cl2N2O2S/c1-9-4-2-3-5-13(9)20-15(21)14(23-16(20)22)19-12-8-10(17)6-7-11(12)18/h2-8,14,19H,1H3. The SMILES string of the molecule is Cc1ccccc1N1C(=O)SC(Nc2cc(Cl)ccc2Cl)C1=O. The minimum atomic E-state index is -0.738. The van der Waals surface area contributed by atoms with Crippen LogP contribution in [0.2, 0.25) is 10.0 Å². The summed E-state index contributed by atoms with van der Waals surface area (Å²) in [5.41, 5.74) is 1.97. The zero-order chi connectivity index (χ0) is 16.6. The van der Waals surface area contributed by atoms with E-state index in [9.17, 15) is 9.59 Å². The highest BCUT2D eigenvalue weighted by molar-refractivity contribution is 8.16. The maximum Gasteiger partial charge on any atom is 0.295 e. The molecule has 2 amide bonds. The Kier molecular flexibility index (Phi) is 4.53. The van der Waals surface area contributed by atoms with Gasteiger partial charge in [-0.05, 0) is 48.5 Å². The number of para-hydroxylation sites is 1. The molecule has 1 atom stereocenters. The molecule has 2 aromatic carbocycles. The smallest absolute Gasteiger partial charge is 0.295 e. The van der Waals surface area contributed by atoms with Gasteiger partial charge in [0.15, 0.2) is 5.37 Å². The fourth-order valence-corrected chi connectivity index (χ4v) is 3.51. The Balaban J connectivity index is 1.87. The van der Waals surface area contributed by atoms with Crippen LogP contribution < -0.4 is 10.2 Å². The van der Waals surface area contributed by atoms with Gasteiger partial charge in [-0.3, -0.25) is 9.59 Å². The molecule has 4 nitrogen and oxygen atoms in total. The maximum atomic E-state index is 12.6. The number of benzene rings is 2. The van der Waals surface area contributed by atoms with Crippen molar-refractivity contribution in [2.75, 3.05) is 10.2 Å². The van der Waals surface area contributed by atoms with Crippen molar-refractivity contribution in [3.05, 3.63) is 58.1 Å². The van der Waals surface area contributed by atoms with E-state index in [-0.39, 0.29) is 11.1 Å². The number of amides is 2. The summed E-state index contributed by atoms with van der Waals surface area (Å²) in [6.45, 7) is 1.86. The Morgan fingerprint density at radius 2 is 1.87 bits per heavy atom. The first kappa shape index (κ1) is 16.2. The molecule has 0 aliphatic carbocycles. The topological polar surface area (TPSA) is 49.4 Å². The number of anilines is 2. The average Bonchev–Trinajstić information content (AvgIpc) is 2.78. The van der Waals surface area contributed by atoms with E-state index in [4.69, 9.17) is 23.2 Å². The number of halogens is 2. The number of thioether (sulfide) groups is 1. The highest BCUT2D eigenvalue weighted by Gasteiger charge is 2.41. The van der Waals surface area contributed by atoms with Gasteiger partial charge >= 0.3 is 0 Å². The first-order chi connectivity index (χ1) is 11.0. The van der Waals surface area contributed by atoms with Gasteiger partial charge in [0, 0.05) is 5.02 Å². The Bertz CT molecular complexity index is 797. The largest absolute Gasteiger partial charge is 0.364 e. The summed E-state index contributed by atoms with van der Waals surface area (Å²) in [5.74, 6) is -0.328. The zero-order valence-corrected chi connectivity index (χ0v) is 14.4. The second-order valence-electron chi connectivity index (χ2n) is 4.99. The van der Waals surface area contributed by atoms with Gasteiger partial charge in [0.25, 0.3) is 11.1 Å². The number of hydrogen-bond donors (Lipinski definition) is 1. The van der Waals surface area contributed by atoms with Crippen molar-refractivity contribution in [1.29, 1.82) is 0 Å². The summed E-state index contributed by atoms with van der Waals surface area (Å²) >= 11 is 13.0. The van der Waals surface area contributed by atoms with Crippen LogP contribution in [0.5, 0.6) is 0 Å². The first-order valence-corrected chi connectivity index (χ1v) is 8.43. The minimum absolute atomic E-state index is 0.319. The van der Waals surface area contributed by atoms with Crippen LogP contribution in [-0.2, 0) is 4.79 Å². The van der Waals surface area contributed by atoms with Crippen molar-refractivity contribution in [2.24, 2.45) is 0 Å². The van der Waals surface area contributed by atoms with E-state index in [0.717, 1.165) is 17.3 Å². The van der Waals surface area contributed by atoms with Crippen LogP contribution in [0, 0.1) is 6.92 Å². The molecule has 2 aromatic rings. The molecule has 0 bridgehead atoms. The molecule has 1 unspecified atom stereocenters. The summed E-state index contributed by atoms with van der Waals surface area (Å²) in [5, 5.41) is 2.86. The summed E-state index contributed by atoms with van der Waals surface area (Å²) in [7, 11) is 0. The molecule has 3 rings (SSSR count). The second-order valence-corrected chi connectivity index (χ2v) is 6.89. The third-order valence-corrected chi connectivity index (χ3v) is 4.92. The normalized spacial score (nSPS) is 17.7. The van der Waals surface area contributed by atoms with E-state index in [2.05, 4.69) is 5.32 Å². The van der Waals surface area contributed by atoms with Gasteiger partial charge in [-0.15, -0.1) is 0 Å². The third kappa shape index (κ3) is 3.17. The molecule has 1 fully saturated rings. The van der Waals surface area contributed by atoms with Crippen LogP contribution in [0.15, 0.2) is 42.5 Å². The molecule has 23 heavy (non-hydrogen) atoms. The van der Waals surface area contributed by atoms with Crippen molar-refractivity contribution in [3.63, 3.8) is 0 Å². The molecular formula is C16H12Cl2N2O2S. The lowest BCUT2D eigenvalue weighted by Crippen LogP contribution is -2.34. The Labute approximate surface area is 147 Å². The maximum absolute atomic E-state index is 12.6. The van der Waals surface area contributed by atoms with Crippen LogP contribution in [0.1, 0.15) is 5.56 Å². The Morgan fingerprint density at radius 3 is 2.61 bits per heavy atom. The van der Waals surface area contributed by atoms with Gasteiger partial charge in [-0.1, -0.05) is 41.4 Å². The molecule has 0 aromatic heterocycles. The number of nitrogens with one attached hydrogen (secondary N) is 1. The lowest BCUT2D eigenvalue weighted by molar-refractivity contribution is -0.116. The van der Waals surface area contributed by atoms with Gasteiger partial charge < -0.3 is 5.32 Å². The van der Waals surface area contributed by atoms with Crippen molar-refractivity contribution < 1.29 is 9.59 Å². The molecule has 1 aliphatic heterocycles. The fraction of sp³-hybridized carbons (Fsp3) is 0.125. The lowest BCUT2D eigenvalue weighted by Gasteiger charge is -2.17. The molecule has 1 aliphatic rings.